The van der Waals surface area contributed by atoms with Crippen molar-refractivity contribution in [2.75, 3.05) is 13.7 Å². The SMILES string of the molecule is COc1cccn2nc([C@H]3c4nc[nH]c4CCN3C(=O)c3ccnn3-c3ccccn3)cc12. The van der Waals surface area contributed by atoms with Crippen LogP contribution >= 0.6 is 0 Å². The van der Waals surface area contributed by atoms with Crippen LogP contribution in [-0.4, -0.2) is 58.8 Å². The Kier molecular flexibility index (Phi) is 4.42. The number of carbonyl (C=O) groups is 1. The molecule has 5 aromatic rings. The molecular weight excluding hydrogens is 420 g/mol. The van der Waals surface area contributed by atoms with E-state index in [-0.39, 0.29) is 5.91 Å². The molecule has 5 aromatic heterocycles. The van der Waals surface area contributed by atoms with E-state index in [9.17, 15) is 4.79 Å². The minimum atomic E-state index is -0.454. The van der Waals surface area contributed by atoms with Gasteiger partial charge in [-0.2, -0.15) is 10.2 Å². The van der Waals surface area contributed by atoms with Crippen LogP contribution in [0.2, 0.25) is 0 Å². The van der Waals surface area contributed by atoms with Crippen molar-refractivity contribution in [3.05, 3.63) is 90.2 Å². The number of ether oxygens (including phenoxy) is 1. The van der Waals surface area contributed by atoms with Crippen LogP contribution in [0.1, 0.15) is 33.6 Å². The van der Waals surface area contributed by atoms with E-state index in [2.05, 4.69) is 20.1 Å². The van der Waals surface area contributed by atoms with Crippen molar-refractivity contribution in [3.63, 3.8) is 0 Å². The zero-order valence-electron chi connectivity index (χ0n) is 17.8. The molecule has 1 aliphatic rings. The summed E-state index contributed by atoms with van der Waals surface area (Å²) in [6.45, 7) is 0.511. The van der Waals surface area contributed by atoms with Crippen molar-refractivity contribution in [2.45, 2.75) is 12.5 Å². The zero-order valence-corrected chi connectivity index (χ0v) is 17.8. The molecule has 0 bridgehead atoms. The quantitative estimate of drug-likeness (QED) is 0.460. The van der Waals surface area contributed by atoms with E-state index in [1.165, 1.54) is 0 Å². The molecule has 6 rings (SSSR count). The third-order valence-corrected chi connectivity index (χ3v) is 5.90. The standard InChI is InChI=1S/C23H20N8O2/c1-33-19-5-4-11-30-18(19)13-16(28-30)22-21-15(25-14-26-21)8-12-29(22)23(32)17-7-10-27-31(17)20-6-2-3-9-24-20/h2-7,9-11,13-14,22H,8,12H2,1H3,(H,25,26)/t22-/m0/s1. The molecule has 1 amide bonds. The number of carbonyl (C=O) groups excluding carboxylic acids is 1. The average molecular weight is 440 g/mol. The number of methoxy groups -OCH3 is 1. The van der Waals surface area contributed by atoms with E-state index < -0.39 is 6.04 Å². The number of rotatable bonds is 4. The molecule has 164 valence electrons. The second kappa shape index (κ2) is 7.59. The lowest BCUT2D eigenvalue weighted by Crippen LogP contribution is -2.41. The van der Waals surface area contributed by atoms with Gasteiger partial charge in [0.2, 0.25) is 0 Å². The Morgan fingerprint density at radius 1 is 1.15 bits per heavy atom. The van der Waals surface area contributed by atoms with Crippen LogP contribution in [0, 0.1) is 0 Å². The highest BCUT2D eigenvalue weighted by molar-refractivity contribution is 5.93. The first-order valence-electron chi connectivity index (χ1n) is 10.6. The molecule has 0 aromatic carbocycles. The highest BCUT2D eigenvalue weighted by Gasteiger charge is 2.37. The summed E-state index contributed by atoms with van der Waals surface area (Å²) >= 11 is 0. The predicted molar refractivity (Wildman–Crippen MR) is 118 cm³/mol. The fourth-order valence-corrected chi connectivity index (χ4v) is 4.38. The van der Waals surface area contributed by atoms with Gasteiger partial charge in [0.15, 0.2) is 5.82 Å². The summed E-state index contributed by atoms with van der Waals surface area (Å²) in [5.74, 6) is 1.12. The van der Waals surface area contributed by atoms with E-state index in [1.807, 2.05) is 42.6 Å². The number of imidazole rings is 1. The topological polar surface area (TPSA) is 106 Å². The number of aromatic nitrogens is 7. The van der Waals surface area contributed by atoms with Gasteiger partial charge in [0.1, 0.15) is 23.0 Å². The molecule has 0 unspecified atom stereocenters. The first-order chi connectivity index (χ1) is 16.2. The van der Waals surface area contributed by atoms with Crippen LogP contribution in [0.4, 0.5) is 0 Å². The number of fused-ring (bicyclic) bond motifs is 2. The van der Waals surface area contributed by atoms with Crippen LogP contribution in [0.3, 0.4) is 0 Å². The van der Waals surface area contributed by atoms with Gasteiger partial charge in [-0.25, -0.2) is 19.2 Å². The number of aromatic amines is 1. The van der Waals surface area contributed by atoms with Crippen molar-refractivity contribution in [1.29, 1.82) is 0 Å². The molecule has 0 fully saturated rings. The summed E-state index contributed by atoms with van der Waals surface area (Å²) in [5.41, 5.74) is 3.76. The van der Waals surface area contributed by atoms with Crippen molar-refractivity contribution < 1.29 is 9.53 Å². The largest absolute Gasteiger partial charge is 0.494 e. The summed E-state index contributed by atoms with van der Waals surface area (Å²) < 4.78 is 8.82. The van der Waals surface area contributed by atoms with Gasteiger partial charge < -0.3 is 14.6 Å². The lowest BCUT2D eigenvalue weighted by Gasteiger charge is -2.33. The number of nitrogens with zero attached hydrogens (tertiary/aromatic N) is 7. The molecule has 1 aliphatic heterocycles. The van der Waals surface area contributed by atoms with E-state index in [0.717, 1.165) is 16.9 Å². The minimum absolute atomic E-state index is 0.166. The number of hydrogen-bond acceptors (Lipinski definition) is 6. The Balaban J connectivity index is 1.46. The summed E-state index contributed by atoms with van der Waals surface area (Å²) in [4.78, 5) is 27.8. The second-order valence-corrected chi connectivity index (χ2v) is 7.71. The van der Waals surface area contributed by atoms with Crippen LogP contribution in [0.15, 0.2) is 67.4 Å². The normalized spacial score (nSPS) is 15.5. The molecule has 1 N–H and O–H groups in total. The fourth-order valence-electron chi connectivity index (χ4n) is 4.38. The number of nitrogens with one attached hydrogen (secondary N) is 1. The predicted octanol–water partition coefficient (Wildman–Crippen LogP) is 2.43. The van der Waals surface area contributed by atoms with E-state index in [4.69, 9.17) is 9.84 Å². The van der Waals surface area contributed by atoms with Crippen LogP contribution < -0.4 is 4.74 Å². The van der Waals surface area contributed by atoms with Gasteiger partial charge in [0.05, 0.1) is 31.0 Å². The maximum Gasteiger partial charge on any atom is 0.273 e. The smallest absolute Gasteiger partial charge is 0.273 e. The maximum absolute atomic E-state index is 13.8. The molecule has 6 heterocycles. The third-order valence-electron chi connectivity index (χ3n) is 5.90. The van der Waals surface area contributed by atoms with Crippen LogP contribution in [0.25, 0.3) is 11.3 Å². The van der Waals surface area contributed by atoms with Crippen LogP contribution in [-0.2, 0) is 6.42 Å². The maximum atomic E-state index is 13.8. The Morgan fingerprint density at radius 2 is 2.09 bits per heavy atom. The van der Waals surface area contributed by atoms with Gasteiger partial charge in [-0.05, 0) is 36.4 Å². The van der Waals surface area contributed by atoms with Crippen molar-refractivity contribution >= 4 is 11.4 Å². The van der Waals surface area contributed by atoms with Crippen LogP contribution in [0.5, 0.6) is 5.75 Å². The summed E-state index contributed by atoms with van der Waals surface area (Å²) in [5, 5.41) is 9.11. The van der Waals surface area contributed by atoms with Gasteiger partial charge in [0, 0.05) is 31.1 Å². The van der Waals surface area contributed by atoms with Gasteiger partial charge in [-0.15, -0.1) is 0 Å². The Morgan fingerprint density at radius 3 is 2.94 bits per heavy atom. The van der Waals surface area contributed by atoms with E-state index in [1.54, 1.807) is 46.0 Å². The molecule has 1 atom stereocenters. The molecule has 0 radical (unpaired) electrons. The Labute approximate surface area is 188 Å². The van der Waals surface area contributed by atoms with Gasteiger partial charge in [-0.3, -0.25) is 4.79 Å². The van der Waals surface area contributed by atoms with Crippen molar-refractivity contribution in [3.8, 4) is 11.6 Å². The lowest BCUT2D eigenvalue weighted by atomic mass is 9.99. The molecule has 10 nitrogen and oxygen atoms in total. The Hall–Kier alpha value is -4.47. The number of H-pyrrole nitrogens is 1. The third kappa shape index (κ3) is 3.06. The minimum Gasteiger partial charge on any atom is -0.494 e. The first kappa shape index (κ1) is 19.2. The van der Waals surface area contributed by atoms with E-state index in [0.29, 0.717) is 35.9 Å². The molecular formula is C23H20N8O2. The molecule has 33 heavy (non-hydrogen) atoms. The number of hydrogen-bond donors (Lipinski definition) is 1. The van der Waals surface area contributed by atoms with Crippen molar-refractivity contribution in [1.82, 2.24) is 39.2 Å². The van der Waals surface area contributed by atoms with Crippen molar-refractivity contribution in [2.24, 2.45) is 0 Å². The van der Waals surface area contributed by atoms with E-state index >= 15 is 0 Å². The van der Waals surface area contributed by atoms with Gasteiger partial charge in [-0.1, -0.05) is 6.07 Å². The molecule has 0 spiro atoms. The molecule has 0 aliphatic carbocycles. The molecule has 0 saturated heterocycles. The molecule has 10 heteroatoms. The summed E-state index contributed by atoms with van der Waals surface area (Å²) in [6, 6.07) is 12.5. The van der Waals surface area contributed by atoms with Gasteiger partial charge in [0.25, 0.3) is 5.91 Å². The van der Waals surface area contributed by atoms with Gasteiger partial charge >= 0.3 is 0 Å². The lowest BCUT2D eigenvalue weighted by molar-refractivity contribution is 0.0677. The highest BCUT2D eigenvalue weighted by atomic mass is 16.5. The summed E-state index contributed by atoms with van der Waals surface area (Å²) in [6.07, 6.45) is 7.48. The first-order valence-corrected chi connectivity index (χ1v) is 10.6. The Bertz CT molecular complexity index is 1450. The summed E-state index contributed by atoms with van der Waals surface area (Å²) in [7, 11) is 1.63. The number of pyridine rings is 2. The zero-order chi connectivity index (χ0) is 22.4. The molecule has 0 saturated carbocycles. The average Bonchev–Trinajstić information content (AvgIpc) is 3.62. The number of amides is 1. The monoisotopic (exact) mass is 440 g/mol. The second-order valence-electron chi connectivity index (χ2n) is 7.71. The fraction of sp³-hybridized carbons (Fsp3) is 0.174. The highest BCUT2D eigenvalue weighted by Crippen LogP contribution is 2.35.